The molecule has 1 aliphatic heterocycles. The van der Waals surface area contributed by atoms with Crippen molar-refractivity contribution in [2.75, 3.05) is 36.5 Å². The Morgan fingerprint density at radius 1 is 1.16 bits per heavy atom. The summed E-state index contributed by atoms with van der Waals surface area (Å²) in [6.07, 6.45) is 7.43. The number of hydrogen-bond acceptors (Lipinski definition) is 8. The average molecular weight is 447 g/mol. The second kappa shape index (κ2) is 7.64. The molecule has 1 saturated heterocycles. The van der Waals surface area contributed by atoms with Crippen LogP contribution in [0.5, 0.6) is 0 Å². The van der Waals surface area contributed by atoms with Gasteiger partial charge in [0.05, 0.1) is 23.4 Å². The van der Waals surface area contributed by atoms with Crippen molar-refractivity contribution in [2.24, 2.45) is 5.41 Å². The summed E-state index contributed by atoms with van der Waals surface area (Å²) >= 11 is 1.70. The van der Waals surface area contributed by atoms with Crippen LogP contribution < -0.4 is 10.2 Å². The number of fused-ring (bicyclic) bond motifs is 5. The van der Waals surface area contributed by atoms with Crippen molar-refractivity contribution in [3.05, 3.63) is 47.5 Å². The van der Waals surface area contributed by atoms with E-state index in [4.69, 9.17) is 14.7 Å². The summed E-state index contributed by atoms with van der Waals surface area (Å²) in [7, 11) is 0. The molecule has 6 rings (SSSR count). The van der Waals surface area contributed by atoms with Crippen LogP contribution in [0.1, 0.15) is 30.5 Å². The van der Waals surface area contributed by atoms with Crippen LogP contribution in [-0.2, 0) is 24.1 Å². The van der Waals surface area contributed by atoms with Gasteiger partial charge in [-0.3, -0.25) is 4.98 Å². The van der Waals surface area contributed by atoms with Crippen LogP contribution in [-0.4, -0.2) is 46.2 Å². The summed E-state index contributed by atoms with van der Waals surface area (Å²) in [5.74, 6) is 2.01. The summed E-state index contributed by atoms with van der Waals surface area (Å²) in [6.45, 7) is 8.70. The van der Waals surface area contributed by atoms with E-state index in [2.05, 4.69) is 40.1 Å². The van der Waals surface area contributed by atoms with E-state index in [9.17, 15) is 0 Å². The fourth-order valence-electron chi connectivity index (χ4n) is 4.95. The number of anilines is 2. The SMILES string of the molecule is CC1(C)Cc2c(N3CCOCC3)nc3sc4c(NCc5cccnc5)ncnc4c3c2C1. The van der Waals surface area contributed by atoms with Crippen LogP contribution in [0.25, 0.3) is 20.4 Å². The van der Waals surface area contributed by atoms with Gasteiger partial charge < -0.3 is 15.0 Å². The van der Waals surface area contributed by atoms with Crippen LogP contribution >= 0.6 is 11.3 Å². The van der Waals surface area contributed by atoms with Gasteiger partial charge in [0.2, 0.25) is 0 Å². The number of nitrogens with zero attached hydrogens (tertiary/aromatic N) is 5. The van der Waals surface area contributed by atoms with Gasteiger partial charge in [-0.15, -0.1) is 11.3 Å². The molecule has 0 aromatic carbocycles. The number of morpholine rings is 1. The number of pyridine rings is 2. The zero-order valence-electron chi connectivity index (χ0n) is 18.4. The molecule has 2 aliphatic rings. The summed E-state index contributed by atoms with van der Waals surface area (Å²) < 4.78 is 6.67. The summed E-state index contributed by atoms with van der Waals surface area (Å²) in [4.78, 5) is 22.2. The third-order valence-corrected chi connectivity index (χ3v) is 7.48. The molecule has 0 atom stereocenters. The van der Waals surface area contributed by atoms with E-state index in [1.54, 1.807) is 23.9 Å². The van der Waals surface area contributed by atoms with Crippen molar-refractivity contribution in [3.63, 3.8) is 0 Å². The monoisotopic (exact) mass is 446 g/mol. The maximum absolute atomic E-state index is 5.60. The Hall–Kier alpha value is -2.84. The van der Waals surface area contributed by atoms with Crippen molar-refractivity contribution in [1.29, 1.82) is 0 Å². The Morgan fingerprint density at radius 3 is 2.81 bits per heavy atom. The van der Waals surface area contributed by atoms with E-state index >= 15 is 0 Å². The Bertz CT molecular complexity index is 1300. The number of ether oxygens (including phenoxy) is 1. The molecule has 0 unspecified atom stereocenters. The molecular weight excluding hydrogens is 420 g/mol. The lowest BCUT2D eigenvalue weighted by molar-refractivity contribution is 0.122. The maximum Gasteiger partial charge on any atom is 0.147 e. The molecule has 5 heterocycles. The highest BCUT2D eigenvalue weighted by Crippen LogP contribution is 2.47. The van der Waals surface area contributed by atoms with Crippen LogP contribution in [0.2, 0.25) is 0 Å². The number of hydrogen-bond donors (Lipinski definition) is 1. The normalized spacial score (nSPS) is 17.8. The third-order valence-electron chi connectivity index (χ3n) is 6.40. The lowest BCUT2D eigenvalue weighted by Gasteiger charge is -2.29. The standard InChI is InChI=1S/C24H26N6OS/c1-24(2)10-16-17(11-24)22(30-6-8-31-9-7-30)29-23-18(16)19-20(32-23)21(28-14-27-19)26-13-15-4-3-5-25-12-15/h3-5,12,14H,6-11,13H2,1-2H3,(H,26,27,28). The third kappa shape index (κ3) is 3.38. The molecule has 0 amide bonds. The van der Waals surface area contributed by atoms with Crippen LogP contribution in [0.4, 0.5) is 11.6 Å². The molecule has 0 spiro atoms. The van der Waals surface area contributed by atoms with Crippen molar-refractivity contribution >= 4 is 43.4 Å². The van der Waals surface area contributed by atoms with Crippen molar-refractivity contribution < 1.29 is 4.74 Å². The molecular formula is C24H26N6OS. The predicted molar refractivity (Wildman–Crippen MR) is 129 cm³/mol. The Labute approximate surface area is 190 Å². The van der Waals surface area contributed by atoms with E-state index < -0.39 is 0 Å². The smallest absolute Gasteiger partial charge is 0.147 e. The van der Waals surface area contributed by atoms with Gasteiger partial charge in [-0.25, -0.2) is 15.0 Å². The number of nitrogens with one attached hydrogen (secondary N) is 1. The molecule has 7 nitrogen and oxygen atoms in total. The zero-order valence-corrected chi connectivity index (χ0v) is 19.2. The van der Waals surface area contributed by atoms with Gasteiger partial charge in [-0.2, -0.15) is 0 Å². The second-order valence-electron chi connectivity index (χ2n) is 9.41. The first-order valence-corrected chi connectivity index (χ1v) is 12.0. The van der Waals surface area contributed by atoms with E-state index in [0.717, 1.165) is 71.4 Å². The van der Waals surface area contributed by atoms with Gasteiger partial charge in [-0.05, 0) is 41.0 Å². The first kappa shape index (κ1) is 19.8. The Kier molecular flexibility index (Phi) is 4.73. The molecule has 0 bridgehead atoms. The van der Waals surface area contributed by atoms with E-state index in [-0.39, 0.29) is 5.41 Å². The molecule has 4 aromatic heterocycles. The quantitative estimate of drug-likeness (QED) is 0.503. The number of aromatic nitrogens is 4. The fourth-order valence-corrected chi connectivity index (χ4v) is 6.07. The van der Waals surface area contributed by atoms with Gasteiger partial charge in [0.15, 0.2) is 0 Å². The van der Waals surface area contributed by atoms with Gasteiger partial charge in [0, 0.05) is 37.4 Å². The molecule has 1 aliphatic carbocycles. The lowest BCUT2D eigenvalue weighted by Crippen LogP contribution is -2.37. The predicted octanol–water partition coefficient (Wildman–Crippen LogP) is 4.21. The van der Waals surface area contributed by atoms with Gasteiger partial charge >= 0.3 is 0 Å². The maximum atomic E-state index is 5.60. The first-order valence-electron chi connectivity index (χ1n) is 11.1. The minimum absolute atomic E-state index is 0.224. The largest absolute Gasteiger partial charge is 0.378 e. The minimum Gasteiger partial charge on any atom is -0.378 e. The Morgan fingerprint density at radius 2 is 2.00 bits per heavy atom. The summed E-state index contributed by atoms with van der Waals surface area (Å²) in [5.41, 5.74) is 5.18. The zero-order chi connectivity index (χ0) is 21.7. The highest BCUT2D eigenvalue weighted by molar-refractivity contribution is 7.26. The van der Waals surface area contributed by atoms with E-state index in [0.29, 0.717) is 6.54 Å². The first-order chi connectivity index (χ1) is 15.6. The van der Waals surface area contributed by atoms with Gasteiger partial charge in [0.1, 0.15) is 22.8 Å². The molecule has 164 valence electrons. The molecule has 32 heavy (non-hydrogen) atoms. The van der Waals surface area contributed by atoms with Crippen molar-refractivity contribution in [3.8, 4) is 0 Å². The van der Waals surface area contributed by atoms with Gasteiger partial charge in [-0.1, -0.05) is 19.9 Å². The lowest BCUT2D eigenvalue weighted by atomic mass is 9.90. The Balaban J connectivity index is 1.49. The molecule has 1 N–H and O–H groups in total. The molecule has 0 radical (unpaired) electrons. The second-order valence-corrected chi connectivity index (χ2v) is 10.4. The highest BCUT2D eigenvalue weighted by atomic mass is 32.1. The van der Waals surface area contributed by atoms with Crippen molar-refractivity contribution in [2.45, 2.75) is 33.2 Å². The highest BCUT2D eigenvalue weighted by Gasteiger charge is 2.35. The minimum atomic E-state index is 0.224. The van der Waals surface area contributed by atoms with Crippen molar-refractivity contribution in [1.82, 2.24) is 19.9 Å². The van der Waals surface area contributed by atoms with Gasteiger partial charge in [0.25, 0.3) is 0 Å². The van der Waals surface area contributed by atoms with E-state index in [1.165, 1.54) is 16.5 Å². The molecule has 8 heteroatoms. The van der Waals surface area contributed by atoms with Crippen LogP contribution in [0.15, 0.2) is 30.9 Å². The summed E-state index contributed by atoms with van der Waals surface area (Å²) in [6, 6.07) is 4.02. The topological polar surface area (TPSA) is 76.1 Å². The van der Waals surface area contributed by atoms with Crippen LogP contribution in [0.3, 0.4) is 0 Å². The molecule has 0 saturated carbocycles. The fraction of sp³-hybridized carbons (Fsp3) is 0.417. The van der Waals surface area contributed by atoms with E-state index in [1.807, 2.05) is 12.3 Å². The van der Waals surface area contributed by atoms with Crippen LogP contribution in [0, 0.1) is 5.41 Å². The number of rotatable bonds is 4. The number of thiophene rings is 1. The summed E-state index contributed by atoms with van der Waals surface area (Å²) in [5, 5.41) is 4.71. The molecule has 1 fully saturated rings. The average Bonchev–Trinajstić information content (AvgIpc) is 3.34. The molecule has 4 aromatic rings.